The molecule has 0 amide bonds. The van der Waals surface area contributed by atoms with Crippen LogP contribution in [0.15, 0.2) is 71.7 Å². The van der Waals surface area contributed by atoms with Gasteiger partial charge in [-0.05, 0) is 30.3 Å². The number of aromatic hydroxyl groups is 2. The van der Waals surface area contributed by atoms with E-state index < -0.39 is 0 Å². The topological polar surface area (TPSA) is 100 Å². The lowest BCUT2D eigenvalue weighted by Crippen LogP contribution is -2.25. The van der Waals surface area contributed by atoms with Crippen molar-refractivity contribution in [2.45, 2.75) is 0 Å². The molecule has 0 spiro atoms. The van der Waals surface area contributed by atoms with Gasteiger partial charge in [-0.15, -0.1) is 0 Å². The summed E-state index contributed by atoms with van der Waals surface area (Å²) in [6.07, 6.45) is 1.36. The fraction of sp³-hybridized carbons (Fsp3) is 0. The van der Waals surface area contributed by atoms with Gasteiger partial charge >= 0.3 is 0 Å². The van der Waals surface area contributed by atoms with Crippen LogP contribution in [0.4, 0.5) is 0 Å². The smallest absolute Gasteiger partial charge is 0.265 e. The van der Waals surface area contributed by atoms with E-state index in [2.05, 4.69) is 4.98 Å². The first-order chi connectivity index (χ1) is 11.6. The Morgan fingerprint density at radius 1 is 0.833 bits per heavy atom. The average Bonchev–Trinajstić information content (AvgIpc) is 2.57. The van der Waals surface area contributed by atoms with E-state index in [1.54, 1.807) is 36.4 Å². The Morgan fingerprint density at radius 3 is 2.25 bits per heavy atom. The number of benzene rings is 2. The van der Waals surface area contributed by atoms with Crippen LogP contribution in [-0.2, 0) is 0 Å². The minimum absolute atomic E-state index is 0.0168. The highest BCUT2D eigenvalue weighted by molar-refractivity contribution is 5.83. The number of para-hydroxylation sites is 2. The maximum absolute atomic E-state index is 11.2. The summed E-state index contributed by atoms with van der Waals surface area (Å²) in [5.41, 5.74) is 0.606. The van der Waals surface area contributed by atoms with E-state index in [1.807, 2.05) is 6.07 Å². The summed E-state index contributed by atoms with van der Waals surface area (Å²) < 4.78 is 0.657. The van der Waals surface area contributed by atoms with Crippen molar-refractivity contribution in [3.8, 4) is 11.5 Å². The van der Waals surface area contributed by atoms with Gasteiger partial charge in [0, 0.05) is 17.5 Å². The van der Waals surface area contributed by atoms with Crippen molar-refractivity contribution in [3.05, 3.63) is 82.4 Å². The SMILES string of the molecule is O=c1ccc2cccc(O)c2[nH]1.[O-][n+]1cccc2cccc(O)c21. The Hall–Kier alpha value is -3.54. The predicted molar refractivity (Wildman–Crippen MR) is 90.8 cm³/mol. The molecule has 4 rings (SSSR count). The van der Waals surface area contributed by atoms with Gasteiger partial charge in [0.05, 0.1) is 10.9 Å². The lowest BCUT2D eigenvalue weighted by molar-refractivity contribution is -0.577. The van der Waals surface area contributed by atoms with Crippen LogP contribution in [0.3, 0.4) is 0 Å². The molecule has 0 fully saturated rings. The molecule has 24 heavy (non-hydrogen) atoms. The van der Waals surface area contributed by atoms with Gasteiger partial charge in [0.25, 0.3) is 5.52 Å². The summed E-state index contributed by atoms with van der Waals surface area (Å²) in [5.74, 6) is 0.119. The van der Waals surface area contributed by atoms with Crippen molar-refractivity contribution in [2.75, 3.05) is 0 Å². The fourth-order valence-electron chi connectivity index (χ4n) is 2.39. The van der Waals surface area contributed by atoms with E-state index in [0.29, 0.717) is 15.8 Å². The van der Waals surface area contributed by atoms with Gasteiger partial charge in [-0.3, -0.25) is 4.79 Å². The third-order valence-electron chi connectivity index (χ3n) is 3.50. The molecule has 4 aromatic rings. The van der Waals surface area contributed by atoms with Crippen LogP contribution in [0.1, 0.15) is 0 Å². The fourth-order valence-corrected chi connectivity index (χ4v) is 2.39. The Labute approximate surface area is 136 Å². The summed E-state index contributed by atoms with van der Waals surface area (Å²) in [6, 6.07) is 16.6. The second-order valence-corrected chi connectivity index (χ2v) is 5.11. The highest BCUT2D eigenvalue weighted by atomic mass is 16.5. The number of aromatic nitrogens is 2. The molecule has 2 aromatic carbocycles. The number of rotatable bonds is 0. The van der Waals surface area contributed by atoms with Crippen LogP contribution in [0.5, 0.6) is 11.5 Å². The molecule has 0 aliphatic heterocycles. The molecule has 0 radical (unpaired) electrons. The van der Waals surface area contributed by atoms with E-state index in [0.717, 1.165) is 10.8 Å². The van der Waals surface area contributed by atoms with Crippen LogP contribution in [0.2, 0.25) is 0 Å². The first-order valence-electron chi connectivity index (χ1n) is 7.17. The van der Waals surface area contributed by atoms with E-state index in [4.69, 9.17) is 0 Å². The quantitative estimate of drug-likeness (QED) is 0.342. The lowest BCUT2D eigenvalue weighted by atomic mass is 10.2. The van der Waals surface area contributed by atoms with Gasteiger partial charge in [-0.25, -0.2) is 0 Å². The number of hydrogen-bond donors (Lipinski definition) is 3. The van der Waals surface area contributed by atoms with Crippen molar-refractivity contribution in [3.63, 3.8) is 0 Å². The molecule has 6 heteroatoms. The molecule has 2 aromatic heterocycles. The average molecular weight is 322 g/mol. The first-order valence-corrected chi connectivity index (χ1v) is 7.17. The van der Waals surface area contributed by atoms with E-state index in [1.165, 1.54) is 24.4 Å². The van der Waals surface area contributed by atoms with Gasteiger partial charge in [-0.2, -0.15) is 4.73 Å². The zero-order chi connectivity index (χ0) is 17.1. The van der Waals surface area contributed by atoms with Crippen molar-refractivity contribution >= 4 is 21.8 Å². The summed E-state index contributed by atoms with van der Waals surface area (Å²) in [4.78, 5) is 13.4. The highest BCUT2D eigenvalue weighted by Gasteiger charge is 2.06. The first kappa shape index (κ1) is 15.4. The number of aromatic amines is 1. The molecule has 0 saturated heterocycles. The molecular weight excluding hydrogens is 308 g/mol. The van der Waals surface area contributed by atoms with E-state index >= 15 is 0 Å². The van der Waals surface area contributed by atoms with Crippen molar-refractivity contribution in [2.24, 2.45) is 0 Å². The Balaban J connectivity index is 0.000000141. The molecule has 3 N–H and O–H groups in total. The molecule has 0 aliphatic carbocycles. The largest absolute Gasteiger partial charge is 0.618 e. The van der Waals surface area contributed by atoms with Gasteiger partial charge in [-0.1, -0.05) is 18.2 Å². The molecule has 0 bridgehead atoms. The van der Waals surface area contributed by atoms with Gasteiger partial charge < -0.3 is 20.4 Å². The molecule has 6 nitrogen and oxygen atoms in total. The second kappa shape index (κ2) is 6.29. The van der Waals surface area contributed by atoms with Crippen LogP contribution in [0.25, 0.3) is 21.8 Å². The number of pyridine rings is 2. The second-order valence-electron chi connectivity index (χ2n) is 5.11. The summed E-state index contributed by atoms with van der Waals surface area (Å²) in [6.45, 7) is 0. The summed E-state index contributed by atoms with van der Waals surface area (Å²) in [5, 5.41) is 31.4. The third kappa shape index (κ3) is 2.98. The lowest BCUT2D eigenvalue weighted by Gasteiger charge is -2.01. The predicted octanol–water partition coefficient (Wildman–Crippen LogP) is 2.41. The maximum Gasteiger partial charge on any atom is 0.265 e. The summed E-state index contributed by atoms with van der Waals surface area (Å²) >= 11 is 0. The monoisotopic (exact) mass is 322 g/mol. The van der Waals surface area contributed by atoms with Crippen molar-refractivity contribution in [1.82, 2.24) is 4.98 Å². The van der Waals surface area contributed by atoms with Gasteiger partial charge in [0.15, 0.2) is 11.9 Å². The zero-order valence-electron chi connectivity index (χ0n) is 12.5. The normalized spacial score (nSPS) is 10.3. The van der Waals surface area contributed by atoms with Crippen LogP contribution >= 0.6 is 0 Å². The van der Waals surface area contributed by atoms with E-state index in [-0.39, 0.29) is 17.1 Å². The van der Waals surface area contributed by atoms with Crippen molar-refractivity contribution in [1.29, 1.82) is 0 Å². The molecular formula is C18H14N2O4. The maximum atomic E-state index is 11.2. The van der Waals surface area contributed by atoms with Gasteiger partial charge in [0.2, 0.25) is 5.56 Å². The Bertz CT molecular complexity index is 1040. The number of fused-ring (bicyclic) bond motifs is 2. The minimum atomic E-state index is -0.205. The Morgan fingerprint density at radius 2 is 1.50 bits per heavy atom. The molecule has 2 heterocycles. The number of hydrogen-bond acceptors (Lipinski definition) is 4. The number of nitrogens with zero attached hydrogens (tertiary/aromatic N) is 1. The molecule has 120 valence electrons. The third-order valence-corrected chi connectivity index (χ3v) is 3.50. The highest BCUT2D eigenvalue weighted by Crippen LogP contribution is 2.20. The minimum Gasteiger partial charge on any atom is -0.618 e. The molecule has 0 aliphatic rings. The number of phenolic OH excluding ortho intramolecular Hbond substituents is 2. The van der Waals surface area contributed by atoms with E-state index in [9.17, 15) is 20.2 Å². The molecule has 0 saturated carbocycles. The van der Waals surface area contributed by atoms with Gasteiger partial charge in [0.1, 0.15) is 5.75 Å². The number of phenols is 2. The molecule has 0 atom stereocenters. The van der Waals surface area contributed by atoms with Crippen molar-refractivity contribution < 1.29 is 14.9 Å². The van der Waals surface area contributed by atoms with Crippen LogP contribution in [-0.4, -0.2) is 15.2 Å². The number of H-pyrrole nitrogens is 1. The van der Waals surface area contributed by atoms with Crippen LogP contribution in [0, 0.1) is 5.21 Å². The molecule has 0 unspecified atom stereocenters. The zero-order valence-corrected chi connectivity index (χ0v) is 12.5. The Kier molecular flexibility index (Phi) is 4.03. The standard InChI is InChI=1S/2C9H7NO2/c11-8-5-1-3-7-4-2-6-10(12)9(7)8;11-7-3-1-2-6-4-5-8(12)10-9(6)7/h1-6,11H;1-5,11H,(H,10,12). The summed E-state index contributed by atoms with van der Waals surface area (Å²) in [7, 11) is 0. The number of nitrogens with one attached hydrogen (secondary N) is 1. The van der Waals surface area contributed by atoms with Crippen LogP contribution < -0.4 is 10.3 Å².